The molecule has 38 heavy (non-hydrogen) atoms. The number of aryl methyl sites for hydroxylation is 1. The Balaban J connectivity index is 1.55. The smallest absolute Gasteiger partial charge is 0.272 e. The van der Waals surface area contributed by atoms with Crippen molar-refractivity contribution in [3.05, 3.63) is 107 Å². The molecular formula is C30H29FN4O3. The standard InChI is InChI=1S/C30H29FN4O3/c1-4-17(2)26(29(37)34-33-28(36)21-13-7-9-15-23(21)31)35-27(19-11-5-6-12-20(19)30(35)38)25-18(3)32-24-16-10-8-14-22(24)25/h5-17,26-27,32H,4H2,1-3H3,(H,33,36)(H,34,37). The van der Waals surface area contributed by atoms with Gasteiger partial charge < -0.3 is 9.88 Å². The van der Waals surface area contributed by atoms with Crippen molar-refractivity contribution in [2.24, 2.45) is 5.92 Å². The molecule has 0 radical (unpaired) electrons. The number of carbonyl (C=O) groups excluding carboxylic acids is 3. The van der Waals surface area contributed by atoms with Crippen LogP contribution in [0.5, 0.6) is 0 Å². The number of halogens is 1. The van der Waals surface area contributed by atoms with Gasteiger partial charge in [-0.05, 0) is 42.7 Å². The van der Waals surface area contributed by atoms with E-state index in [1.165, 1.54) is 24.3 Å². The van der Waals surface area contributed by atoms with Crippen molar-refractivity contribution in [3.8, 4) is 0 Å². The first kappa shape index (κ1) is 25.2. The van der Waals surface area contributed by atoms with E-state index < -0.39 is 29.7 Å². The van der Waals surface area contributed by atoms with Crippen molar-refractivity contribution >= 4 is 28.6 Å². The fourth-order valence-electron chi connectivity index (χ4n) is 5.36. The molecule has 8 heteroatoms. The molecule has 3 unspecified atom stereocenters. The summed E-state index contributed by atoms with van der Waals surface area (Å²) >= 11 is 0. The number of hydrazine groups is 1. The van der Waals surface area contributed by atoms with E-state index in [1.807, 2.05) is 63.2 Å². The van der Waals surface area contributed by atoms with Crippen LogP contribution in [0.4, 0.5) is 4.39 Å². The van der Waals surface area contributed by atoms with E-state index in [4.69, 9.17) is 0 Å². The summed E-state index contributed by atoms with van der Waals surface area (Å²) in [6, 6.07) is 19.4. The Hall–Kier alpha value is -4.46. The highest BCUT2D eigenvalue weighted by atomic mass is 19.1. The van der Waals surface area contributed by atoms with Gasteiger partial charge in [-0.3, -0.25) is 25.2 Å². The van der Waals surface area contributed by atoms with Crippen LogP contribution in [-0.2, 0) is 4.79 Å². The molecule has 0 bridgehead atoms. The highest BCUT2D eigenvalue weighted by Crippen LogP contribution is 2.44. The number of nitrogens with zero attached hydrogens (tertiary/aromatic N) is 1. The number of para-hydroxylation sites is 1. The zero-order chi connectivity index (χ0) is 27.0. The Kier molecular flexibility index (Phi) is 6.72. The minimum Gasteiger partial charge on any atom is -0.358 e. The van der Waals surface area contributed by atoms with Crippen molar-refractivity contribution in [1.82, 2.24) is 20.7 Å². The average Bonchev–Trinajstić information content (AvgIpc) is 3.40. The van der Waals surface area contributed by atoms with Crippen molar-refractivity contribution in [2.45, 2.75) is 39.3 Å². The second kappa shape index (κ2) is 10.1. The molecule has 2 heterocycles. The van der Waals surface area contributed by atoms with Crippen molar-refractivity contribution in [1.29, 1.82) is 0 Å². The van der Waals surface area contributed by atoms with Gasteiger partial charge in [0.25, 0.3) is 17.7 Å². The van der Waals surface area contributed by atoms with Crippen LogP contribution in [0.1, 0.15) is 63.8 Å². The normalized spacial score (nSPS) is 16.3. The molecule has 3 amide bonds. The third-order valence-electron chi connectivity index (χ3n) is 7.38. The fourth-order valence-corrected chi connectivity index (χ4v) is 5.36. The summed E-state index contributed by atoms with van der Waals surface area (Å²) in [5, 5.41) is 0.973. The first-order chi connectivity index (χ1) is 18.3. The second-order valence-electron chi connectivity index (χ2n) is 9.67. The fraction of sp³-hybridized carbons (Fsp3) is 0.233. The molecule has 5 rings (SSSR count). The van der Waals surface area contributed by atoms with Crippen LogP contribution < -0.4 is 10.9 Å². The lowest BCUT2D eigenvalue weighted by atomic mass is 9.91. The van der Waals surface area contributed by atoms with Gasteiger partial charge in [0.05, 0.1) is 11.6 Å². The molecule has 3 N–H and O–H groups in total. The number of fused-ring (bicyclic) bond motifs is 2. The van der Waals surface area contributed by atoms with E-state index in [1.54, 1.807) is 11.0 Å². The number of aromatic nitrogens is 1. The molecule has 0 spiro atoms. The monoisotopic (exact) mass is 512 g/mol. The topological polar surface area (TPSA) is 94.3 Å². The van der Waals surface area contributed by atoms with Crippen LogP contribution in [0.3, 0.4) is 0 Å². The Bertz CT molecular complexity index is 1550. The van der Waals surface area contributed by atoms with Crippen LogP contribution in [0.15, 0.2) is 72.8 Å². The number of rotatable bonds is 6. The molecule has 1 aliphatic heterocycles. The summed E-state index contributed by atoms with van der Waals surface area (Å²) in [6.07, 6.45) is 0.610. The molecule has 1 aromatic heterocycles. The maximum Gasteiger partial charge on any atom is 0.272 e. The molecule has 0 saturated carbocycles. The van der Waals surface area contributed by atoms with Crippen LogP contribution in [0, 0.1) is 18.7 Å². The molecule has 0 aliphatic carbocycles. The molecular weight excluding hydrogens is 483 g/mol. The van der Waals surface area contributed by atoms with Crippen molar-refractivity contribution < 1.29 is 18.8 Å². The zero-order valence-corrected chi connectivity index (χ0v) is 21.4. The molecule has 194 valence electrons. The van der Waals surface area contributed by atoms with Gasteiger partial charge in [0.2, 0.25) is 0 Å². The maximum atomic E-state index is 14.1. The predicted octanol–water partition coefficient (Wildman–Crippen LogP) is 5.04. The number of nitrogens with one attached hydrogen (secondary N) is 3. The Morgan fingerprint density at radius 3 is 2.45 bits per heavy atom. The Morgan fingerprint density at radius 1 is 1.00 bits per heavy atom. The summed E-state index contributed by atoms with van der Waals surface area (Å²) in [6.45, 7) is 5.81. The number of aromatic amines is 1. The van der Waals surface area contributed by atoms with E-state index in [0.29, 0.717) is 12.0 Å². The lowest BCUT2D eigenvalue weighted by Crippen LogP contribution is -2.55. The first-order valence-electron chi connectivity index (χ1n) is 12.7. The van der Waals surface area contributed by atoms with E-state index in [0.717, 1.165) is 27.7 Å². The number of hydrogen-bond donors (Lipinski definition) is 3. The number of benzene rings is 3. The third kappa shape index (κ3) is 4.22. The number of carbonyl (C=O) groups is 3. The van der Waals surface area contributed by atoms with E-state index in [2.05, 4.69) is 15.8 Å². The molecule has 7 nitrogen and oxygen atoms in total. The Morgan fingerprint density at radius 2 is 1.68 bits per heavy atom. The lowest BCUT2D eigenvalue weighted by molar-refractivity contribution is -0.128. The molecule has 0 fully saturated rings. The molecule has 4 aromatic rings. The largest absolute Gasteiger partial charge is 0.358 e. The van der Waals surface area contributed by atoms with Gasteiger partial charge in [-0.15, -0.1) is 0 Å². The van der Waals surface area contributed by atoms with E-state index in [9.17, 15) is 18.8 Å². The van der Waals surface area contributed by atoms with Gasteiger partial charge >= 0.3 is 0 Å². The quantitative estimate of drug-likeness (QED) is 0.316. The summed E-state index contributed by atoms with van der Waals surface area (Å²) in [5.74, 6) is -2.52. The van der Waals surface area contributed by atoms with Gasteiger partial charge in [-0.2, -0.15) is 0 Å². The van der Waals surface area contributed by atoms with Crippen molar-refractivity contribution in [2.75, 3.05) is 0 Å². The van der Waals surface area contributed by atoms with Gasteiger partial charge in [0, 0.05) is 27.7 Å². The average molecular weight is 513 g/mol. The summed E-state index contributed by atoms with van der Waals surface area (Å²) in [4.78, 5) is 45.2. The van der Waals surface area contributed by atoms with E-state index >= 15 is 0 Å². The number of amides is 3. The molecule has 0 saturated heterocycles. The summed E-state index contributed by atoms with van der Waals surface area (Å²) in [5.41, 5.74) is 8.73. The molecule has 1 aliphatic rings. The van der Waals surface area contributed by atoms with Crippen LogP contribution in [0.25, 0.3) is 10.9 Å². The SMILES string of the molecule is CCC(C)C(C(=O)NNC(=O)c1ccccc1F)N1C(=O)c2ccccc2C1c1c(C)[nH]c2ccccc12. The third-order valence-corrected chi connectivity index (χ3v) is 7.38. The molecule has 3 atom stereocenters. The highest BCUT2D eigenvalue weighted by molar-refractivity contribution is 6.04. The van der Waals surface area contributed by atoms with Gasteiger partial charge in [0.1, 0.15) is 11.9 Å². The van der Waals surface area contributed by atoms with Crippen molar-refractivity contribution in [3.63, 3.8) is 0 Å². The Labute approximate surface area is 220 Å². The second-order valence-corrected chi connectivity index (χ2v) is 9.67. The molecule has 3 aromatic carbocycles. The van der Waals surface area contributed by atoms with E-state index in [-0.39, 0.29) is 17.4 Å². The van der Waals surface area contributed by atoms with Crippen LogP contribution in [0.2, 0.25) is 0 Å². The first-order valence-corrected chi connectivity index (χ1v) is 12.7. The maximum absolute atomic E-state index is 14.1. The minimum absolute atomic E-state index is 0.190. The summed E-state index contributed by atoms with van der Waals surface area (Å²) < 4.78 is 14.1. The van der Waals surface area contributed by atoms with Gasteiger partial charge in [0.15, 0.2) is 0 Å². The van der Waals surface area contributed by atoms with Crippen LogP contribution in [-0.4, -0.2) is 33.6 Å². The zero-order valence-electron chi connectivity index (χ0n) is 21.4. The minimum atomic E-state index is -0.904. The number of hydrogen-bond acceptors (Lipinski definition) is 3. The van der Waals surface area contributed by atoms with Gasteiger partial charge in [-0.1, -0.05) is 68.8 Å². The summed E-state index contributed by atoms with van der Waals surface area (Å²) in [7, 11) is 0. The predicted molar refractivity (Wildman–Crippen MR) is 143 cm³/mol. The lowest BCUT2D eigenvalue weighted by Gasteiger charge is -2.36. The number of H-pyrrole nitrogens is 1. The van der Waals surface area contributed by atoms with Gasteiger partial charge in [-0.25, -0.2) is 4.39 Å². The highest BCUT2D eigenvalue weighted by Gasteiger charge is 2.46. The van der Waals surface area contributed by atoms with Crippen LogP contribution >= 0.6 is 0 Å².